The lowest BCUT2D eigenvalue weighted by atomic mass is 10.1. The van der Waals surface area contributed by atoms with Crippen molar-refractivity contribution in [1.82, 2.24) is 18.7 Å². The second-order valence-electron chi connectivity index (χ2n) is 6.77. The first-order chi connectivity index (χ1) is 13.9. The van der Waals surface area contributed by atoms with Gasteiger partial charge in [0.2, 0.25) is 0 Å². The quantitative estimate of drug-likeness (QED) is 0.578. The summed E-state index contributed by atoms with van der Waals surface area (Å²) in [6, 6.07) is 5.08. The van der Waals surface area contributed by atoms with Gasteiger partial charge in [0.15, 0.2) is 16.9 Å². The number of hydrogen-bond acceptors (Lipinski definition) is 5. The highest BCUT2D eigenvalue weighted by Crippen LogP contribution is 2.15. The number of Topliss-reactive ketones (excluding diaryl/α,β-unsaturated/α-hetero) is 1. The molecule has 29 heavy (non-hydrogen) atoms. The summed E-state index contributed by atoms with van der Waals surface area (Å²) >= 11 is 0. The molecule has 0 unspecified atom stereocenters. The van der Waals surface area contributed by atoms with Crippen LogP contribution >= 0.6 is 0 Å². The highest BCUT2D eigenvalue weighted by atomic mass is 19.1. The highest BCUT2D eigenvalue weighted by molar-refractivity contribution is 5.96. The number of halogens is 1. The summed E-state index contributed by atoms with van der Waals surface area (Å²) < 4.78 is 17.0. The molecule has 9 heteroatoms. The summed E-state index contributed by atoms with van der Waals surface area (Å²) in [7, 11) is 0. The van der Waals surface area contributed by atoms with E-state index in [0.717, 1.165) is 4.57 Å². The molecule has 0 saturated heterocycles. The van der Waals surface area contributed by atoms with Crippen LogP contribution in [0.1, 0.15) is 42.9 Å². The molecule has 154 valence electrons. The van der Waals surface area contributed by atoms with E-state index >= 15 is 0 Å². The fourth-order valence-electron chi connectivity index (χ4n) is 3.34. The van der Waals surface area contributed by atoms with E-state index in [9.17, 15) is 23.9 Å². The molecule has 1 aromatic carbocycles. The van der Waals surface area contributed by atoms with Gasteiger partial charge in [0.05, 0.1) is 6.54 Å². The third-order valence-corrected chi connectivity index (χ3v) is 4.70. The van der Waals surface area contributed by atoms with Crippen LogP contribution in [0.5, 0.6) is 0 Å². The second-order valence-corrected chi connectivity index (χ2v) is 6.77. The van der Waals surface area contributed by atoms with E-state index in [2.05, 4.69) is 4.98 Å². The van der Waals surface area contributed by atoms with E-state index in [4.69, 9.17) is 0 Å². The molecule has 0 spiro atoms. The molecule has 0 aliphatic heterocycles. The number of ketones is 1. The van der Waals surface area contributed by atoms with Gasteiger partial charge in [-0.3, -0.25) is 18.7 Å². The molecule has 0 saturated carbocycles. The molecule has 0 atom stereocenters. The largest absolute Gasteiger partial charge is 0.388 e. The zero-order valence-electron chi connectivity index (χ0n) is 16.4. The lowest BCUT2D eigenvalue weighted by Crippen LogP contribution is -2.40. The number of benzene rings is 1. The Hall–Kier alpha value is -3.07. The summed E-state index contributed by atoms with van der Waals surface area (Å²) in [5.74, 6) is -0.712. The van der Waals surface area contributed by atoms with Crippen LogP contribution in [0.25, 0.3) is 11.2 Å². The van der Waals surface area contributed by atoms with Crippen molar-refractivity contribution in [3.8, 4) is 0 Å². The van der Waals surface area contributed by atoms with Crippen molar-refractivity contribution in [3.63, 3.8) is 0 Å². The Bertz CT molecular complexity index is 1160. The highest BCUT2D eigenvalue weighted by Gasteiger charge is 2.22. The molecule has 2 aromatic heterocycles. The number of aliphatic hydroxyl groups excluding tert-OH is 1. The summed E-state index contributed by atoms with van der Waals surface area (Å²) in [5, 5.41) is 9.75. The van der Waals surface area contributed by atoms with Crippen LogP contribution in [-0.2, 0) is 26.2 Å². The van der Waals surface area contributed by atoms with Gasteiger partial charge < -0.3 is 9.67 Å². The van der Waals surface area contributed by atoms with Gasteiger partial charge in [-0.15, -0.1) is 0 Å². The lowest BCUT2D eigenvalue weighted by Gasteiger charge is -2.11. The van der Waals surface area contributed by atoms with Gasteiger partial charge in [-0.2, -0.15) is 0 Å². The summed E-state index contributed by atoms with van der Waals surface area (Å²) in [4.78, 5) is 42.8. The maximum Gasteiger partial charge on any atom is 0.332 e. The third kappa shape index (κ3) is 3.77. The first-order valence-electron chi connectivity index (χ1n) is 9.55. The van der Waals surface area contributed by atoms with E-state index in [1.165, 1.54) is 33.4 Å². The minimum absolute atomic E-state index is 0.103. The zero-order chi connectivity index (χ0) is 21.1. The number of imidazole rings is 1. The number of rotatable bonds is 8. The number of carbonyl (C=O) groups excluding carboxylic acids is 1. The molecule has 0 radical (unpaired) electrons. The first-order valence-corrected chi connectivity index (χ1v) is 9.55. The average molecular weight is 402 g/mol. The minimum Gasteiger partial charge on any atom is -0.388 e. The van der Waals surface area contributed by atoms with Gasteiger partial charge in [-0.1, -0.05) is 13.8 Å². The maximum absolute atomic E-state index is 13.1. The minimum atomic E-state index is -0.543. The van der Waals surface area contributed by atoms with Crippen LogP contribution in [0.3, 0.4) is 0 Å². The third-order valence-electron chi connectivity index (χ3n) is 4.70. The maximum atomic E-state index is 13.1. The van der Waals surface area contributed by atoms with Crippen LogP contribution in [0.4, 0.5) is 4.39 Å². The molecule has 1 N–H and O–H groups in total. The average Bonchev–Trinajstić information content (AvgIpc) is 3.07. The van der Waals surface area contributed by atoms with Crippen molar-refractivity contribution in [2.45, 2.75) is 52.9 Å². The molecule has 0 aliphatic carbocycles. The summed E-state index contributed by atoms with van der Waals surface area (Å²) in [6.07, 6.45) is 1.23. The van der Waals surface area contributed by atoms with Crippen molar-refractivity contribution in [2.75, 3.05) is 0 Å². The van der Waals surface area contributed by atoms with Gasteiger partial charge >= 0.3 is 5.69 Å². The number of nitrogens with zero attached hydrogens (tertiary/aromatic N) is 4. The smallest absolute Gasteiger partial charge is 0.332 e. The van der Waals surface area contributed by atoms with Crippen LogP contribution in [-0.4, -0.2) is 29.6 Å². The van der Waals surface area contributed by atoms with E-state index in [-0.39, 0.29) is 41.4 Å². The molecule has 0 fully saturated rings. The number of hydrogen-bond donors (Lipinski definition) is 1. The monoisotopic (exact) mass is 402 g/mol. The first kappa shape index (κ1) is 20.7. The number of fused-ring (bicyclic) bond motifs is 1. The van der Waals surface area contributed by atoms with Crippen molar-refractivity contribution < 1.29 is 14.3 Å². The standard InChI is InChI=1S/C20H23FN4O4/c1-3-9-23-18-17(19(28)24(10-4-2)20(23)29)25(16(12-26)22-18)11-15(27)13-5-7-14(21)8-6-13/h5-8,26H,3-4,9-12H2,1-2H3. The van der Waals surface area contributed by atoms with Crippen LogP contribution in [0, 0.1) is 5.82 Å². The second kappa shape index (κ2) is 8.52. The predicted octanol–water partition coefficient (Wildman–Crippen LogP) is 1.69. The predicted molar refractivity (Wildman–Crippen MR) is 105 cm³/mol. The van der Waals surface area contributed by atoms with Crippen LogP contribution in [0.2, 0.25) is 0 Å². The van der Waals surface area contributed by atoms with Crippen LogP contribution < -0.4 is 11.2 Å². The number of aryl methyl sites for hydroxylation is 1. The fourth-order valence-corrected chi connectivity index (χ4v) is 3.34. The molecule has 8 nitrogen and oxygen atoms in total. The Labute approximate surface area is 165 Å². The van der Waals surface area contributed by atoms with Gasteiger partial charge in [0.1, 0.15) is 18.2 Å². The zero-order valence-corrected chi connectivity index (χ0v) is 16.4. The topological polar surface area (TPSA) is 99.1 Å². The Morgan fingerprint density at radius 3 is 2.24 bits per heavy atom. The van der Waals surface area contributed by atoms with E-state index in [1.807, 2.05) is 13.8 Å². The molecule has 0 aliphatic rings. The Morgan fingerprint density at radius 1 is 1.03 bits per heavy atom. The van der Waals surface area contributed by atoms with Crippen molar-refractivity contribution in [3.05, 3.63) is 62.3 Å². The molecule has 2 heterocycles. The van der Waals surface area contributed by atoms with Gasteiger partial charge in [0.25, 0.3) is 5.56 Å². The van der Waals surface area contributed by atoms with Gasteiger partial charge in [-0.05, 0) is 37.1 Å². The number of aromatic nitrogens is 4. The van der Waals surface area contributed by atoms with Gasteiger partial charge in [-0.25, -0.2) is 14.2 Å². The number of aliphatic hydroxyl groups is 1. The molecule has 3 rings (SSSR count). The van der Waals surface area contributed by atoms with E-state index in [1.54, 1.807) is 0 Å². The normalized spacial score (nSPS) is 11.3. The fraction of sp³-hybridized carbons (Fsp3) is 0.400. The Kier molecular flexibility index (Phi) is 6.07. The van der Waals surface area contributed by atoms with Crippen molar-refractivity contribution in [1.29, 1.82) is 0 Å². The van der Waals surface area contributed by atoms with E-state index < -0.39 is 23.7 Å². The van der Waals surface area contributed by atoms with Gasteiger partial charge in [0, 0.05) is 18.7 Å². The summed E-state index contributed by atoms with van der Waals surface area (Å²) in [6.45, 7) is 3.59. The summed E-state index contributed by atoms with van der Waals surface area (Å²) in [5.41, 5.74) is -0.465. The number of carbonyl (C=O) groups is 1. The molecular formula is C20H23FN4O4. The van der Waals surface area contributed by atoms with E-state index in [0.29, 0.717) is 19.4 Å². The van der Waals surface area contributed by atoms with Crippen molar-refractivity contribution in [2.24, 2.45) is 0 Å². The lowest BCUT2D eigenvalue weighted by molar-refractivity contribution is 0.0970. The Balaban J connectivity index is 2.23. The van der Waals surface area contributed by atoms with Crippen molar-refractivity contribution >= 4 is 16.9 Å². The molecule has 0 bridgehead atoms. The Morgan fingerprint density at radius 2 is 1.66 bits per heavy atom. The molecule has 0 amide bonds. The van der Waals surface area contributed by atoms with Crippen LogP contribution in [0.15, 0.2) is 33.9 Å². The molecule has 3 aromatic rings. The SMILES string of the molecule is CCCn1c(=O)c2c(nc(CO)n2CC(=O)c2ccc(F)cc2)n(CCC)c1=O. The molecular weight excluding hydrogens is 379 g/mol.